The Labute approximate surface area is 143 Å². The number of hydrogen-bond donors (Lipinski definition) is 0. The smallest absolute Gasteiger partial charge is 0.330 e. The van der Waals surface area contributed by atoms with Crippen LogP contribution in [0.2, 0.25) is 0 Å². The molecule has 7 heteroatoms. The SMILES string of the molecule is Cc1ccsc1C(=O)N1CC[C@@H](n2c(=O)n(C)c3cccnc32)C1. The van der Waals surface area contributed by atoms with Gasteiger partial charge in [0, 0.05) is 26.3 Å². The predicted octanol–water partition coefficient (Wildman–Crippen LogP) is 2.19. The third-order valence-electron chi connectivity index (χ3n) is 4.72. The summed E-state index contributed by atoms with van der Waals surface area (Å²) in [6.07, 6.45) is 2.47. The number of thiophene rings is 1. The minimum atomic E-state index is -0.0738. The molecule has 0 aromatic carbocycles. The van der Waals surface area contributed by atoms with E-state index in [0.29, 0.717) is 18.7 Å². The lowest BCUT2D eigenvalue weighted by atomic mass is 10.2. The summed E-state index contributed by atoms with van der Waals surface area (Å²) >= 11 is 1.48. The van der Waals surface area contributed by atoms with E-state index >= 15 is 0 Å². The largest absolute Gasteiger partial charge is 0.336 e. The Balaban J connectivity index is 1.67. The zero-order chi connectivity index (χ0) is 16.8. The van der Waals surface area contributed by atoms with Crippen molar-refractivity contribution < 1.29 is 4.79 Å². The molecule has 0 saturated carbocycles. The normalized spacial score (nSPS) is 17.8. The molecule has 0 bridgehead atoms. The van der Waals surface area contributed by atoms with Crippen molar-refractivity contribution >= 4 is 28.4 Å². The number of aromatic nitrogens is 3. The molecule has 1 amide bonds. The third-order valence-corrected chi connectivity index (χ3v) is 5.73. The molecule has 3 aromatic rings. The highest BCUT2D eigenvalue weighted by molar-refractivity contribution is 7.12. The van der Waals surface area contributed by atoms with Gasteiger partial charge in [-0.05, 0) is 42.5 Å². The highest BCUT2D eigenvalue weighted by Crippen LogP contribution is 2.27. The molecule has 0 radical (unpaired) electrons. The fourth-order valence-corrected chi connectivity index (χ4v) is 4.28. The van der Waals surface area contributed by atoms with Crippen molar-refractivity contribution in [1.29, 1.82) is 0 Å². The minimum absolute atomic E-state index is 0.0275. The zero-order valence-electron chi connectivity index (χ0n) is 13.6. The molecule has 4 rings (SSSR count). The van der Waals surface area contributed by atoms with Gasteiger partial charge < -0.3 is 4.90 Å². The van der Waals surface area contributed by atoms with Crippen molar-refractivity contribution in [1.82, 2.24) is 19.0 Å². The Morgan fingerprint density at radius 1 is 1.38 bits per heavy atom. The number of likely N-dealkylation sites (tertiary alicyclic amines) is 1. The molecule has 3 aromatic heterocycles. The van der Waals surface area contributed by atoms with E-state index in [1.165, 1.54) is 11.3 Å². The van der Waals surface area contributed by atoms with Crippen LogP contribution in [-0.2, 0) is 7.05 Å². The quantitative estimate of drug-likeness (QED) is 0.717. The van der Waals surface area contributed by atoms with Crippen LogP contribution in [0.3, 0.4) is 0 Å². The van der Waals surface area contributed by atoms with Gasteiger partial charge in [0.25, 0.3) is 5.91 Å². The summed E-state index contributed by atoms with van der Waals surface area (Å²) in [5.41, 5.74) is 2.45. The molecule has 1 aliphatic heterocycles. The van der Waals surface area contributed by atoms with Gasteiger partial charge in [0.15, 0.2) is 5.65 Å². The van der Waals surface area contributed by atoms with Crippen molar-refractivity contribution in [2.45, 2.75) is 19.4 Å². The highest BCUT2D eigenvalue weighted by Gasteiger charge is 2.31. The predicted molar refractivity (Wildman–Crippen MR) is 93.6 cm³/mol. The summed E-state index contributed by atoms with van der Waals surface area (Å²) in [7, 11) is 1.76. The molecular weight excluding hydrogens is 324 g/mol. The van der Waals surface area contributed by atoms with Crippen molar-refractivity contribution in [2.24, 2.45) is 7.05 Å². The molecule has 1 aliphatic rings. The van der Waals surface area contributed by atoms with Crippen molar-refractivity contribution in [3.63, 3.8) is 0 Å². The van der Waals surface area contributed by atoms with Gasteiger partial charge in [-0.2, -0.15) is 0 Å². The van der Waals surface area contributed by atoms with E-state index in [2.05, 4.69) is 4.98 Å². The van der Waals surface area contributed by atoms with Gasteiger partial charge in [0.2, 0.25) is 0 Å². The average Bonchev–Trinajstić information content (AvgIpc) is 3.28. The van der Waals surface area contributed by atoms with E-state index in [1.54, 1.807) is 22.4 Å². The van der Waals surface area contributed by atoms with Crippen molar-refractivity contribution in [3.8, 4) is 0 Å². The second-order valence-electron chi connectivity index (χ2n) is 6.18. The lowest BCUT2D eigenvalue weighted by Crippen LogP contribution is -2.31. The highest BCUT2D eigenvalue weighted by atomic mass is 32.1. The fraction of sp³-hybridized carbons (Fsp3) is 0.353. The molecule has 24 heavy (non-hydrogen) atoms. The molecule has 4 heterocycles. The first-order valence-corrected chi connectivity index (χ1v) is 8.81. The Morgan fingerprint density at radius 3 is 2.96 bits per heavy atom. The first kappa shape index (κ1) is 15.1. The lowest BCUT2D eigenvalue weighted by molar-refractivity contribution is 0.0792. The van der Waals surface area contributed by atoms with Crippen LogP contribution in [0.1, 0.15) is 27.7 Å². The van der Waals surface area contributed by atoms with E-state index in [9.17, 15) is 9.59 Å². The van der Waals surface area contributed by atoms with Gasteiger partial charge in [-0.1, -0.05) is 0 Å². The third kappa shape index (κ3) is 2.19. The molecule has 0 aliphatic carbocycles. The summed E-state index contributed by atoms with van der Waals surface area (Å²) in [4.78, 5) is 32.3. The molecule has 0 unspecified atom stereocenters. The van der Waals surface area contributed by atoms with E-state index in [0.717, 1.165) is 22.4 Å². The standard InChI is InChI=1S/C17H18N4O2S/c1-11-6-9-24-14(11)16(22)20-8-5-12(10-20)21-15-13(4-3-7-18-15)19(2)17(21)23/h3-4,6-7,9,12H,5,8,10H2,1-2H3/t12-/m1/s1. The average molecular weight is 342 g/mol. The summed E-state index contributed by atoms with van der Waals surface area (Å²) in [6, 6.07) is 5.66. The first-order valence-electron chi connectivity index (χ1n) is 7.93. The van der Waals surface area contributed by atoms with Gasteiger partial charge >= 0.3 is 5.69 Å². The van der Waals surface area contributed by atoms with Crippen molar-refractivity contribution in [2.75, 3.05) is 13.1 Å². The van der Waals surface area contributed by atoms with Crippen LogP contribution in [0, 0.1) is 6.92 Å². The maximum Gasteiger partial charge on any atom is 0.330 e. The number of carbonyl (C=O) groups excluding carboxylic acids is 1. The first-order chi connectivity index (χ1) is 11.6. The Bertz CT molecular complexity index is 984. The summed E-state index contributed by atoms with van der Waals surface area (Å²) in [5.74, 6) is 0.0613. The lowest BCUT2D eigenvalue weighted by Gasteiger charge is -2.16. The van der Waals surface area contributed by atoms with Gasteiger partial charge in [-0.3, -0.25) is 13.9 Å². The van der Waals surface area contributed by atoms with Crippen LogP contribution >= 0.6 is 11.3 Å². The molecule has 1 atom stereocenters. The Kier molecular flexibility index (Phi) is 3.53. The summed E-state index contributed by atoms with van der Waals surface area (Å²) in [5, 5.41) is 1.94. The summed E-state index contributed by atoms with van der Waals surface area (Å²) in [6.45, 7) is 3.17. The van der Waals surface area contributed by atoms with Crippen LogP contribution in [0.15, 0.2) is 34.6 Å². The number of carbonyl (C=O) groups is 1. The van der Waals surface area contributed by atoms with Gasteiger partial charge in [0.05, 0.1) is 16.4 Å². The topological polar surface area (TPSA) is 60.1 Å². The second-order valence-corrected chi connectivity index (χ2v) is 7.10. The molecular formula is C17H18N4O2S. The number of hydrogen-bond acceptors (Lipinski definition) is 4. The number of nitrogens with zero attached hydrogens (tertiary/aromatic N) is 4. The summed E-state index contributed by atoms with van der Waals surface area (Å²) < 4.78 is 3.36. The van der Waals surface area contributed by atoms with Crippen LogP contribution in [0.4, 0.5) is 0 Å². The number of imidazole rings is 1. The Hall–Kier alpha value is -2.41. The van der Waals surface area contributed by atoms with E-state index in [-0.39, 0.29) is 17.6 Å². The molecule has 0 N–H and O–H groups in total. The van der Waals surface area contributed by atoms with Gasteiger partial charge in [0.1, 0.15) is 0 Å². The van der Waals surface area contributed by atoms with E-state index in [4.69, 9.17) is 0 Å². The monoisotopic (exact) mass is 342 g/mol. The molecule has 124 valence electrons. The van der Waals surface area contributed by atoms with Crippen molar-refractivity contribution in [3.05, 3.63) is 50.7 Å². The van der Waals surface area contributed by atoms with Crippen LogP contribution in [0.5, 0.6) is 0 Å². The van der Waals surface area contributed by atoms with Gasteiger partial charge in [-0.25, -0.2) is 9.78 Å². The molecule has 1 fully saturated rings. The van der Waals surface area contributed by atoms with E-state index in [1.807, 2.05) is 35.4 Å². The number of rotatable bonds is 2. The van der Waals surface area contributed by atoms with E-state index < -0.39 is 0 Å². The number of pyridine rings is 1. The number of aryl methyl sites for hydroxylation is 2. The van der Waals surface area contributed by atoms with Crippen LogP contribution in [0.25, 0.3) is 11.2 Å². The minimum Gasteiger partial charge on any atom is -0.336 e. The number of fused-ring (bicyclic) bond motifs is 1. The molecule has 1 saturated heterocycles. The zero-order valence-corrected chi connectivity index (χ0v) is 14.4. The maximum absolute atomic E-state index is 12.7. The second kappa shape index (κ2) is 5.59. The van der Waals surface area contributed by atoms with Crippen LogP contribution < -0.4 is 5.69 Å². The molecule has 6 nitrogen and oxygen atoms in total. The van der Waals surface area contributed by atoms with Gasteiger partial charge in [-0.15, -0.1) is 11.3 Å². The van der Waals surface area contributed by atoms with Crippen LogP contribution in [-0.4, -0.2) is 38.0 Å². The maximum atomic E-state index is 12.7. The molecule has 0 spiro atoms. The fourth-order valence-electron chi connectivity index (χ4n) is 3.39. The Morgan fingerprint density at radius 2 is 2.21 bits per heavy atom. The number of amides is 1.